The van der Waals surface area contributed by atoms with Crippen molar-refractivity contribution < 1.29 is 19.4 Å². The summed E-state index contributed by atoms with van der Waals surface area (Å²) in [6, 6.07) is 6.72. The quantitative estimate of drug-likeness (QED) is 0.804. The van der Waals surface area contributed by atoms with Gasteiger partial charge in [0.1, 0.15) is 5.75 Å². The lowest BCUT2D eigenvalue weighted by Gasteiger charge is -2.20. The topological polar surface area (TPSA) is 78.9 Å². The highest BCUT2D eigenvalue weighted by Crippen LogP contribution is 2.16. The summed E-state index contributed by atoms with van der Waals surface area (Å²) in [6.07, 6.45) is -0.0649. The Balaban J connectivity index is 2.56. The number of aliphatic carboxylic acids is 1. The summed E-state index contributed by atoms with van der Waals surface area (Å²) >= 11 is 0. The van der Waals surface area contributed by atoms with E-state index in [0.717, 1.165) is 5.75 Å². The second kappa shape index (κ2) is 8.04. The molecule has 0 atom stereocenters. The van der Waals surface area contributed by atoms with Crippen LogP contribution in [-0.2, 0) is 4.79 Å². The lowest BCUT2D eigenvalue weighted by atomic mass is 10.3. The van der Waals surface area contributed by atoms with E-state index >= 15 is 0 Å². The molecule has 6 heteroatoms. The fraction of sp³-hybridized carbons (Fsp3) is 0.429. The van der Waals surface area contributed by atoms with Gasteiger partial charge in [-0.15, -0.1) is 0 Å². The largest absolute Gasteiger partial charge is 0.494 e. The van der Waals surface area contributed by atoms with E-state index in [1.807, 2.05) is 6.92 Å². The first-order valence-electron chi connectivity index (χ1n) is 6.57. The van der Waals surface area contributed by atoms with Gasteiger partial charge in [0.05, 0.1) is 13.0 Å². The van der Waals surface area contributed by atoms with Gasteiger partial charge in [-0.05, 0) is 38.1 Å². The molecular formula is C14H20N2O4. The normalized spacial score (nSPS) is 9.90. The SMILES string of the molecule is CCOc1ccc(NC(=O)N(CC)CCC(=O)O)cc1. The monoisotopic (exact) mass is 280 g/mol. The Kier molecular flexibility index (Phi) is 6.36. The fourth-order valence-electron chi connectivity index (χ4n) is 1.64. The number of hydrogen-bond acceptors (Lipinski definition) is 3. The zero-order chi connectivity index (χ0) is 15.0. The summed E-state index contributed by atoms with van der Waals surface area (Å²) in [7, 11) is 0. The first-order valence-corrected chi connectivity index (χ1v) is 6.57. The van der Waals surface area contributed by atoms with Crippen LogP contribution in [0.3, 0.4) is 0 Å². The third-order valence-electron chi connectivity index (χ3n) is 2.68. The molecule has 0 radical (unpaired) electrons. The number of carbonyl (C=O) groups excluding carboxylic acids is 1. The van der Waals surface area contributed by atoms with Crippen LogP contribution in [0.15, 0.2) is 24.3 Å². The number of carbonyl (C=O) groups is 2. The van der Waals surface area contributed by atoms with Crippen molar-refractivity contribution in [2.24, 2.45) is 0 Å². The fourth-order valence-corrected chi connectivity index (χ4v) is 1.64. The first kappa shape index (κ1) is 15.8. The molecule has 0 aliphatic rings. The predicted molar refractivity (Wildman–Crippen MR) is 76.1 cm³/mol. The summed E-state index contributed by atoms with van der Waals surface area (Å²) in [6.45, 7) is 4.94. The number of amides is 2. The highest BCUT2D eigenvalue weighted by atomic mass is 16.5. The van der Waals surface area contributed by atoms with Crippen LogP contribution >= 0.6 is 0 Å². The lowest BCUT2D eigenvalue weighted by molar-refractivity contribution is -0.137. The molecule has 2 amide bonds. The minimum Gasteiger partial charge on any atom is -0.494 e. The van der Waals surface area contributed by atoms with Gasteiger partial charge in [-0.2, -0.15) is 0 Å². The summed E-state index contributed by atoms with van der Waals surface area (Å²) in [4.78, 5) is 23.9. The van der Waals surface area contributed by atoms with E-state index < -0.39 is 5.97 Å². The van der Waals surface area contributed by atoms with Crippen molar-refractivity contribution in [2.45, 2.75) is 20.3 Å². The molecule has 0 heterocycles. The van der Waals surface area contributed by atoms with Crippen LogP contribution in [-0.4, -0.2) is 41.7 Å². The maximum Gasteiger partial charge on any atom is 0.321 e. The van der Waals surface area contributed by atoms with Crippen molar-refractivity contribution in [3.63, 3.8) is 0 Å². The average molecular weight is 280 g/mol. The van der Waals surface area contributed by atoms with E-state index in [9.17, 15) is 9.59 Å². The molecular weight excluding hydrogens is 260 g/mol. The van der Waals surface area contributed by atoms with Gasteiger partial charge in [0.25, 0.3) is 0 Å². The van der Waals surface area contributed by atoms with Gasteiger partial charge >= 0.3 is 12.0 Å². The van der Waals surface area contributed by atoms with Gasteiger partial charge in [-0.25, -0.2) is 4.79 Å². The molecule has 0 spiro atoms. The van der Waals surface area contributed by atoms with Crippen LogP contribution in [0.25, 0.3) is 0 Å². The number of ether oxygens (including phenoxy) is 1. The zero-order valence-corrected chi connectivity index (χ0v) is 11.8. The minimum absolute atomic E-state index is 0.0649. The maximum atomic E-state index is 12.0. The number of nitrogens with zero attached hydrogens (tertiary/aromatic N) is 1. The molecule has 0 aliphatic heterocycles. The number of carboxylic acid groups (broad SMARTS) is 1. The van der Waals surface area contributed by atoms with E-state index in [1.165, 1.54) is 4.90 Å². The summed E-state index contributed by atoms with van der Waals surface area (Å²) in [5.74, 6) is -0.180. The van der Waals surface area contributed by atoms with Crippen LogP contribution in [0.5, 0.6) is 5.75 Å². The summed E-state index contributed by atoms with van der Waals surface area (Å²) < 4.78 is 5.31. The molecule has 0 saturated heterocycles. The standard InChI is InChI=1S/C14H20N2O4/c1-3-16(10-9-13(17)18)14(19)15-11-5-7-12(8-6-11)20-4-2/h5-8H,3-4,9-10H2,1-2H3,(H,15,19)(H,17,18). The van der Waals surface area contributed by atoms with E-state index in [-0.39, 0.29) is 19.0 Å². The molecule has 6 nitrogen and oxygen atoms in total. The third-order valence-corrected chi connectivity index (χ3v) is 2.68. The van der Waals surface area contributed by atoms with E-state index in [0.29, 0.717) is 18.8 Å². The van der Waals surface area contributed by atoms with Gasteiger partial charge < -0.3 is 20.1 Å². The molecule has 0 aliphatic carbocycles. The van der Waals surface area contributed by atoms with Gasteiger partial charge in [0, 0.05) is 18.8 Å². The van der Waals surface area contributed by atoms with Crippen LogP contribution in [0.4, 0.5) is 10.5 Å². The smallest absolute Gasteiger partial charge is 0.321 e. The highest BCUT2D eigenvalue weighted by Gasteiger charge is 2.12. The molecule has 20 heavy (non-hydrogen) atoms. The molecule has 0 bridgehead atoms. The first-order chi connectivity index (χ1) is 9.56. The molecule has 2 N–H and O–H groups in total. The Morgan fingerprint density at radius 1 is 1.25 bits per heavy atom. The van der Waals surface area contributed by atoms with Crippen LogP contribution in [0.1, 0.15) is 20.3 Å². The second-order valence-electron chi connectivity index (χ2n) is 4.11. The van der Waals surface area contributed by atoms with Crippen molar-refractivity contribution in [1.29, 1.82) is 0 Å². The third kappa shape index (κ3) is 5.17. The molecule has 0 fully saturated rings. The molecule has 1 rings (SSSR count). The van der Waals surface area contributed by atoms with Crippen LogP contribution in [0.2, 0.25) is 0 Å². The number of benzene rings is 1. The van der Waals surface area contributed by atoms with Crippen molar-refractivity contribution in [3.8, 4) is 5.75 Å². The highest BCUT2D eigenvalue weighted by molar-refractivity contribution is 5.89. The van der Waals surface area contributed by atoms with Crippen LogP contribution < -0.4 is 10.1 Å². The Bertz CT molecular complexity index is 445. The number of urea groups is 1. The average Bonchev–Trinajstić information content (AvgIpc) is 2.41. The Morgan fingerprint density at radius 2 is 1.90 bits per heavy atom. The molecule has 0 aromatic heterocycles. The molecule has 0 unspecified atom stereocenters. The molecule has 1 aromatic carbocycles. The predicted octanol–water partition coefficient (Wildman–Crippen LogP) is 2.41. The molecule has 0 saturated carbocycles. The van der Waals surface area contributed by atoms with Gasteiger partial charge in [-0.3, -0.25) is 4.79 Å². The molecule has 110 valence electrons. The minimum atomic E-state index is -0.919. The van der Waals surface area contributed by atoms with Crippen LogP contribution in [0, 0.1) is 0 Å². The summed E-state index contributed by atoms with van der Waals surface area (Å²) in [5, 5.41) is 11.4. The number of anilines is 1. The zero-order valence-electron chi connectivity index (χ0n) is 11.8. The van der Waals surface area contributed by atoms with E-state index in [4.69, 9.17) is 9.84 Å². The van der Waals surface area contributed by atoms with Crippen molar-refractivity contribution in [2.75, 3.05) is 25.0 Å². The number of rotatable bonds is 7. The van der Waals surface area contributed by atoms with Gasteiger partial charge in [0.15, 0.2) is 0 Å². The Hall–Kier alpha value is -2.24. The van der Waals surface area contributed by atoms with Gasteiger partial charge in [-0.1, -0.05) is 0 Å². The van der Waals surface area contributed by atoms with E-state index in [2.05, 4.69) is 5.32 Å². The van der Waals surface area contributed by atoms with Crippen molar-refractivity contribution in [3.05, 3.63) is 24.3 Å². The van der Waals surface area contributed by atoms with Crippen molar-refractivity contribution in [1.82, 2.24) is 4.90 Å². The Morgan fingerprint density at radius 3 is 2.40 bits per heavy atom. The van der Waals surface area contributed by atoms with Crippen molar-refractivity contribution >= 4 is 17.7 Å². The number of carboxylic acids is 1. The van der Waals surface area contributed by atoms with E-state index in [1.54, 1.807) is 31.2 Å². The second-order valence-corrected chi connectivity index (χ2v) is 4.11. The lowest BCUT2D eigenvalue weighted by Crippen LogP contribution is -2.36. The summed E-state index contributed by atoms with van der Waals surface area (Å²) in [5.41, 5.74) is 0.646. The number of hydrogen-bond donors (Lipinski definition) is 2. The number of nitrogens with one attached hydrogen (secondary N) is 1. The maximum absolute atomic E-state index is 12.0. The Labute approximate surface area is 118 Å². The molecule has 1 aromatic rings. The van der Waals surface area contributed by atoms with Gasteiger partial charge in [0.2, 0.25) is 0 Å².